The number of aromatic nitrogens is 4. The summed E-state index contributed by atoms with van der Waals surface area (Å²) in [4.78, 5) is 12.7. The summed E-state index contributed by atoms with van der Waals surface area (Å²) in [5.74, 6) is 0.583. The second-order valence-corrected chi connectivity index (χ2v) is 13.3. The van der Waals surface area contributed by atoms with Crippen LogP contribution in [0.15, 0.2) is 133 Å². The van der Waals surface area contributed by atoms with Gasteiger partial charge in [-0.15, -0.1) is 5.10 Å². The van der Waals surface area contributed by atoms with E-state index in [2.05, 4.69) is 46.0 Å². The zero-order chi connectivity index (χ0) is 35.2. The van der Waals surface area contributed by atoms with E-state index in [9.17, 15) is 15.0 Å². The zero-order valence-corrected chi connectivity index (χ0v) is 28.7. The van der Waals surface area contributed by atoms with Crippen molar-refractivity contribution in [2.75, 3.05) is 5.75 Å². The van der Waals surface area contributed by atoms with Crippen molar-refractivity contribution in [2.45, 2.75) is 43.7 Å². The number of thioether (sulfide) groups is 1. The molecular formula is C40H37N5O5S. The van der Waals surface area contributed by atoms with Gasteiger partial charge in [-0.1, -0.05) is 110 Å². The Kier molecular flexibility index (Phi) is 10.5. The maximum absolute atomic E-state index is 12.7. The molecule has 0 saturated carbocycles. The number of benzene rings is 5. The first kappa shape index (κ1) is 34.1. The van der Waals surface area contributed by atoms with E-state index >= 15 is 0 Å². The van der Waals surface area contributed by atoms with E-state index in [1.807, 2.05) is 72.8 Å². The number of tetrazole rings is 1. The minimum Gasteiger partial charge on any atom is -0.508 e. The second kappa shape index (κ2) is 15.7. The fourth-order valence-electron chi connectivity index (χ4n) is 6.13. The molecule has 0 aliphatic carbocycles. The quantitative estimate of drug-likeness (QED) is 0.122. The van der Waals surface area contributed by atoms with Crippen molar-refractivity contribution in [1.29, 1.82) is 0 Å². The lowest BCUT2D eigenvalue weighted by molar-refractivity contribution is -0.268. The van der Waals surface area contributed by atoms with E-state index < -0.39 is 6.29 Å². The predicted octanol–water partition coefficient (Wildman–Crippen LogP) is 7.04. The first-order valence-electron chi connectivity index (χ1n) is 16.7. The summed E-state index contributed by atoms with van der Waals surface area (Å²) in [7, 11) is 0. The number of hydrogen-bond donors (Lipinski definition) is 3. The van der Waals surface area contributed by atoms with Gasteiger partial charge in [0.05, 0.1) is 24.5 Å². The maximum Gasteiger partial charge on any atom is 0.251 e. The molecule has 4 atom stereocenters. The summed E-state index contributed by atoms with van der Waals surface area (Å²) in [5.41, 5.74) is 7.11. The number of ether oxygens (including phenoxy) is 2. The van der Waals surface area contributed by atoms with Gasteiger partial charge < -0.3 is 25.0 Å². The van der Waals surface area contributed by atoms with Gasteiger partial charge in [0.2, 0.25) is 5.16 Å². The molecule has 4 unspecified atom stereocenters. The first-order chi connectivity index (χ1) is 25.0. The molecule has 7 rings (SSSR count). The molecule has 1 saturated heterocycles. The van der Waals surface area contributed by atoms with Crippen LogP contribution in [0.3, 0.4) is 0 Å². The molecule has 0 spiro atoms. The number of phenols is 1. The molecule has 2 heterocycles. The highest BCUT2D eigenvalue weighted by molar-refractivity contribution is 7.99. The van der Waals surface area contributed by atoms with Crippen LogP contribution in [0, 0.1) is 5.92 Å². The molecule has 1 fully saturated rings. The molecule has 10 nitrogen and oxygen atoms in total. The molecule has 11 heteroatoms. The Bertz CT molecular complexity index is 2060. The van der Waals surface area contributed by atoms with Crippen molar-refractivity contribution in [3.05, 3.63) is 155 Å². The lowest BCUT2D eigenvalue weighted by Crippen LogP contribution is -2.38. The van der Waals surface area contributed by atoms with Crippen LogP contribution in [0.2, 0.25) is 0 Å². The van der Waals surface area contributed by atoms with Gasteiger partial charge in [-0.2, -0.15) is 4.68 Å². The minimum absolute atomic E-state index is 0.0241. The van der Waals surface area contributed by atoms with Gasteiger partial charge >= 0.3 is 0 Å². The van der Waals surface area contributed by atoms with Crippen LogP contribution in [0.4, 0.5) is 0 Å². The highest BCUT2D eigenvalue weighted by Gasteiger charge is 2.38. The van der Waals surface area contributed by atoms with E-state index in [0.717, 1.165) is 39.1 Å². The van der Waals surface area contributed by atoms with E-state index in [-0.39, 0.29) is 36.4 Å². The zero-order valence-electron chi connectivity index (χ0n) is 27.9. The fraction of sp³-hybridized carbons (Fsp3) is 0.200. The molecule has 1 aliphatic rings. The summed E-state index contributed by atoms with van der Waals surface area (Å²) >= 11 is 1.49. The van der Waals surface area contributed by atoms with Crippen molar-refractivity contribution in [1.82, 2.24) is 25.5 Å². The van der Waals surface area contributed by atoms with Gasteiger partial charge in [-0.25, -0.2) is 0 Å². The van der Waals surface area contributed by atoms with Crippen LogP contribution in [0.5, 0.6) is 5.75 Å². The second-order valence-electron chi connectivity index (χ2n) is 12.4. The summed E-state index contributed by atoms with van der Waals surface area (Å²) < 4.78 is 15.0. The van der Waals surface area contributed by atoms with Crippen molar-refractivity contribution >= 4 is 17.7 Å². The van der Waals surface area contributed by atoms with Crippen LogP contribution in [0.1, 0.15) is 51.9 Å². The predicted molar refractivity (Wildman–Crippen MR) is 194 cm³/mol. The topological polar surface area (TPSA) is 132 Å². The average Bonchev–Trinajstić information content (AvgIpc) is 3.66. The summed E-state index contributed by atoms with van der Waals surface area (Å²) in [6.45, 7) is 2.48. The van der Waals surface area contributed by atoms with Gasteiger partial charge in [0.15, 0.2) is 6.29 Å². The third-order valence-corrected chi connectivity index (χ3v) is 10.0. The van der Waals surface area contributed by atoms with Gasteiger partial charge in [-0.05, 0) is 74.6 Å². The minimum atomic E-state index is -0.642. The van der Waals surface area contributed by atoms with Crippen molar-refractivity contribution in [3.8, 4) is 22.6 Å². The molecule has 0 radical (unpaired) electrons. The number of amides is 1. The molecule has 1 amide bonds. The number of phenolic OH excluding ortho intramolecular Hbond substituents is 1. The van der Waals surface area contributed by atoms with Crippen molar-refractivity contribution < 1.29 is 24.5 Å². The third kappa shape index (κ3) is 7.87. The number of hydrogen-bond acceptors (Lipinski definition) is 9. The smallest absolute Gasteiger partial charge is 0.251 e. The van der Waals surface area contributed by atoms with E-state index in [4.69, 9.17) is 9.47 Å². The van der Waals surface area contributed by atoms with E-state index in [1.54, 1.807) is 41.1 Å². The number of nitrogens with zero attached hydrogens (tertiary/aromatic N) is 4. The monoisotopic (exact) mass is 699 g/mol. The van der Waals surface area contributed by atoms with Crippen molar-refractivity contribution in [2.24, 2.45) is 5.92 Å². The number of aliphatic hydroxyl groups excluding tert-OH is 1. The third-order valence-electron chi connectivity index (χ3n) is 9.02. The standard InChI is InChI=1S/C40H37N5O5S/c1-26-36(25-51-40-42-43-44-45(40)33-19-21-34(47)22-20-33)49-39(50-37(26)29-13-11-27(24-46)12-14-29)31-17-15-28(16-18-31)35-10-6-5-9-32(35)23-41-38(48)30-7-3-2-4-8-30/h2-22,26,36-37,39,46-47H,23-25H2,1H3,(H,41,48). The molecule has 0 bridgehead atoms. The number of carbonyl (C=O) groups is 1. The van der Waals surface area contributed by atoms with Crippen molar-refractivity contribution in [3.63, 3.8) is 0 Å². The maximum atomic E-state index is 12.7. The largest absolute Gasteiger partial charge is 0.508 e. The van der Waals surface area contributed by atoms with Crippen LogP contribution < -0.4 is 5.32 Å². The van der Waals surface area contributed by atoms with Crippen LogP contribution in [0.25, 0.3) is 16.8 Å². The Labute approximate surface area is 300 Å². The number of rotatable bonds is 11. The van der Waals surface area contributed by atoms with E-state index in [1.165, 1.54) is 11.8 Å². The van der Waals surface area contributed by atoms with Crippen LogP contribution in [-0.2, 0) is 22.6 Å². The number of carbonyl (C=O) groups excluding carboxylic acids is 1. The van der Waals surface area contributed by atoms with Gasteiger partial charge in [0.1, 0.15) is 5.75 Å². The van der Waals surface area contributed by atoms with Gasteiger partial charge in [0, 0.05) is 29.3 Å². The number of nitrogens with one attached hydrogen (secondary N) is 1. The Morgan fingerprint density at radius 2 is 1.55 bits per heavy atom. The molecule has 258 valence electrons. The molecule has 6 aromatic rings. The van der Waals surface area contributed by atoms with E-state index in [0.29, 0.717) is 23.0 Å². The highest BCUT2D eigenvalue weighted by atomic mass is 32.2. The summed E-state index contributed by atoms with van der Waals surface area (Å²) in [6.07, 6.45) is -1.14. The van der Waals surface area contributed by atoms with Gasteiger partial charge in [0.25, 0.3) is 5.91 Å². The summed E-state index contributed by atoms with van der Waals surface area (Å²) in [5, 5.41) is 35.3. The number of aromatic hydroxyl groups is 1. The van der Waals surface area contributed by atoms with Crippen LogP contribution >= 0.6 is 11.8 Å². The first-order valence-corrected chi connectivity index (χ1v) is 17.7. The van der Waals surface area contributed by atoms with Crippen LogP contribution in [-0.4, -0.2) is 48.2 Å². The molecule has 1 aliphatic heterocycles. The SMILES string of the molecule is CC1C(CSc2nnnn2-c2ccc(O)cc2)OC(c2ccc(-c3ccccc3CNC(=O)c3ccccc3)cc2)OC1c1ccc(CO)cc1. The molecular weight excluding hydrogens is 663 g/mol. The Morgan fingerprint density at radius 3 is 2.29 bits per heavy atom. The lowest BCUT2D eigenvalue weighted by atomic mass is 9.91. The highest BCUT2D eigenvalue weighted by Crippen LogP contribution is 2.43. The lowest BCUT2D eigenvalue weighted by Gasteiger charge is -2.41. The normalized spacial score (nSPS) is 18.7. The number of aliphatic hydroxyl groups is 1. The Balaban J connectivity index is 1.11. The molecule has 1 aromatic heterocycles. The molecule has 5 aromatic carbocycles. The summed E-state index contributed by atoms with van der Waals surface area (Å²) in [6, 6.07) is 39.9. The molecule has 51 heavy (non-hydrogen) atoms. The molecule has 3 N–H and O–H groups in total. The average molecular weight is 700 g/mol. The fourth-order valence-corrected chi connectivity index (χ4v) is 7.19. The Morgan fingerprint density at radius 1 is 0.843 bits per heavy atom. The Hall–Kier alpha value is -5.33. The van der Waals surface area contributed by atoms with Gasteiger partial charge in [-0.3, -0.25) is 4.79 Å².